The first-order valence-electron chi connectivity index (χ1n) is 8.58. The highest BCUT2D eigenvalue weighted by molar-refractivity contribution is 5.59. The Morgan fingerprint density at radius 1 is 1.21 bits per heavy atom. The summed E-state index contributed by atoms with van der Waals surface area (Å²) in [5, 5.41) is 13.4. The molecule has 24 heavy (non-hydrogen) atoms. The predicted octanol–water partition coefficient (Wildman–Crippen LogP) is 2.70. The Morgan fingerprint density at radius 3 is 2.67 bits per heavy atom. The van der Waals surface area contributed by atoms with Crippen molar-refractivity contribution in [3.8, 4) is 6.07 Å². The minimum atomic E-state index is 0.137. The van der Waals surface area contributed by atoms with Gasteiger partial charge in [-0.05, 0) is 31.9 Å². The fourth-order valence-corrected chi connectivity index (χ4v) is 3.27. The van der Waals surface area contributed by atoms with Gasteiger partial charge in [0.25, 0.3) is 0 Å². The lowest BCUT2D eigenvalue weighted by atomic mass is 10.1. The first-order valence-corrected chi connectivity index (χ1v) is 8.58. The summed E-state index contributed by atoms with van der Waals surface area (Å²) in [5.74, 6) is 2.12. The molecule has 0 bridgehead atoms. The standard InChI is InChI=1S/C18H21N5O/c1-13(18-20-17(21-24-18)14-6-7-14)22-8-10-23(11-9-22)16-5-3-2-4-15(16)12-19/h2-5,13-14H,6-11H2,1H3. The molecule has 1 aliphatic heterocycles. The van der Waals surface area contributed by atoms with E-state index in [0.29, 0.717) is 5.92 Å². The third-order valence-electron chi connectivity index (χ3n) is 4.98. The van der Waals surface area contributed by atoms with E-state index in [4.69, 9.17) is 4.52 Å². The van der Waals surface area contributed by atoms with Crippen LogP contribution in [0.2, 0.25) is 0 Å². The highest BCUT2D eigenvalue weighted by Crippen LogP contribution is 2.38. The summed E-state index contributed by atoms with van der Waals surface area (Å²) in [5.41, 5.74) is 1.77. The maximum atomic E-state index is 9.28. The van der Waals surface area contributed by atoms with E-state index in [-0.39, 0.29) is 6.04 Å². The molecule has 1 aromatic heterocycles. The number of hydrogen-bond acceptors (Lipinski definition) is 6. The van der Waals surface area contributed by atoms with Gasteiger partial charge in [0.05, 0.1) is 17.3 Å². The molecule has 1 unspecified atom stereocenters. The van der Waals surface area contributed by atoms with Gasteiger partial charge in [0.1, 0.15) is 6.07 Å². The Labute approximate surface area is 141 Å². The third kappa shape index (κ3) is 2.87. The number of piperazine rings is 1. The molecule has 124 valence electrons. The van der Waals surface area contributed by atoms with Crippen LogP contribution in [0.5, 0.6) is 0 Å². The van der Waals surface area contributed by atoms with Crippen molar-refractivity contribution in [2.45, 2.75) is 31.7 Å². The second-order valence-electron chi connectivity index (χ2n) is 6.59. The molecule has 6 nitrogen and oxygen atoms in total. The van der Waals surface area contributed by atoms with Gasteiger partial charge in [0.2, 0.25) is 5.89 Å². The zero-order valence-corrected chi connectivity index (χ0v) is 13.9. The molecule has 2 fully saturated rings. The first-order chi connectivity index (χ1) is 11.8. The number of para-hydroxylation sites is 1. The monoisotopic (exact) mass is 323 g/mol. The van der Waals surface area contributed by atoms with Crippen LogP contribution >= 0.6 is 0 Å². The Kier molecular flexibility index (Phi) is 3.95. The number of nitrogens with zero attached hydrogens (tertiary/aromatic N) is 5. The molecule has 0 N–H and O–H groups in total. The van der Waals surface area contributed by atoms with E-state index < -0.39 is 0 Å². The van der Waals surface area contributed by atoms with E-state index in [9.17, 15) is 5.26 Å². The summed E-state index contributed by atoms with van der Waals surface area (Å²) in [6.07, 6.45) is 2.37. The highest BCUT2D eigenvalue weighted by atomic mass is 16.5. The van der Waals surface area contributed by atoms with Crippen LogP contribution in [-0.4, -0.2) is 41.2 Å². The molecule has 0 spiro atoms. The molecular weight excluding hydrogens is 302 g/mol. The number of hydrogen-bond donors (Lipinski definition) is 0. The fraction of sp³-hybridized carbons (Fsp3) is 0.500. The number of benzene rings is 1. The van der Waals surface area contributed by atoms with E-state index in [1.807, 2.05) is 24.3 Å². The maximum Gasteiger partial charge on any atom is 0.243 e. The third-order valence-corrected chi connectivity index (χ3v) is 4.98. The van der Waals surface area contributed by atoms with Crippen molar-refractivity contribution in [2.24, 2.45) is 0 Å². The van der Waals surface area contributed by atoms with Gasteiger partial charge in [-0.15, -0.1) is 0 Å². The van der Waals surface area contributed by atoms with E-state index >= 15 is 0 Å². The average Bonchev–Trinajstić information content (AvgIpc) is 3.38. The lowest BCUT2D eigenvalue weighted by molar-refractivity contribution is 0.164. The zero-order chi connectivity index (χ0) is 16.5. The van der Waals surface area contributed by atoms with Crippen molar-refractivity contribution >= 4 is 5.69 Å². The van der Waals surface area contributed by atoms with Gasteiger partial charge >= 0.3 is 0 Å². The normalized spacial score (nSPS) is 19.9. The van der Waals surface area contributed by atoms with Gasteiger partial charge < -0.3 is 9.42 Å². The van der Waals surface area contributed by atoms with Crippen LogP contribution in [0.4, 0.5) is 5.69 Å². The molecule has 1 atom stereocenters. The number of rotatable bonds is 4. The van der Waals surface area contributed by atoms with Gasteiger partial charge in [0, 0.05) is 32.1 Å². The van der Waals surface area contributed by atoms with Gasteiger partial charge in [0.15, 0.2) is 5.82 Å². The van der Waals surface area contributed by atoms with Gasteiger partial charge in [-0.25, -0.2) is 0 Å². The Balaban J connectivity index is 1.41. The lowest BCUT2D eigenvalue weighted by Crippen LogP contribution is -2.47. The summed E-state index contributed by atoms with van der Waals surface area (Å²) < 4.78 is 5.47. The van der Waals surface area contributed by atoms with Crippen molar-refractivity contribution < 1.29 is 4.52 Å². The summed E-state index contributed by atoms with van der Waals surface area (Å²) in [7, 11) is 0. The minimum Gasteiger partial charge on any atom is -0.368 e. The molecular formula is C18H21N5O. The second kappa shape index (κ2) is 6.25. The summed E-state index contributed by atoms with van der Waals surface area (Å²) in [4.78, 5) is 9.23. The van der Waals surface area contributed by atoms with Crippen LogP contribution in [0.25, 0.3) is 0 Å². The smallest absolute Gasteiger partial charge is 0.243 e. The summed E-state index contributed by atoms with van der Waals surface area (Å²) >= 11 is 0. The molecule has 2 aromatic rings. The van der Waals surface area contributed by atoms with Crippen molar-refractivity contribution in [3.05, 3.63) is 41.5 Å². The topological polar surface area (TPSA) is 69.2 Å². The zero-order valence-electron chi connectivity index (χ0n) is 13.9. The molecule has 2 aliphatic rings. The average molecular weight is 323 g/mol. The molecule has 6 heteroatoms. The van der Waals surface area contributed by atoms with Gasteiger partial charge in [-0.2, -0.15) is 10.2 Å². The van der Waals surface area contributed by atoms with Crippen molar-refractivity contribution in [2.75, 3.05) is 31.1 Å². The summed E-state index contributed by atoms with van der Waals surface area (Å²) in [6, 6.07) is 10.2. The van der Waals surface area contributed by atoms with Gasteiger partial charge in [-0.3, -0.25) is 4.90 Å². The number of anilines is 1. The lowest BCUT2D eigenvalue weighted by Gasteiger charge is -2.38. The molecule has 2 heterocycles. The predicted molar refractivity (Wildman–Crippen MR) is 89.6 cm³/mol. The van der Waals surface area contributed by atoms with Crippen LogP contribution in [0.3, 0.4) is 0 Å². The molecule has 1 aromatic carbocycles. The number of nitriles is 1. The van der Waals surface area contributed by atoms with E-state index in [0.717, 1.165) is 49.1 Å². The fourth-order valence-electron chi connectivity index (χ4n) is 3.27. The first kappa shape index (κ1) is 15.2. The van der Waals surface area contributed by atoms with E-state index in [1.165, 1.54) is 12.8 Å². The van der Waals surface area contributed by atoms with E-state index in [1.54, 1.807) is 0 Å². The Hall–Kier alpha value is -2.39. The minimum absolute atomic E-state index is 0.137. The SMILES string of the molecule is CC(c1nc(C2CC2)no1)N1CCN(c2ccccc2C#N)CC1. The van der Waals surface area contributed by atoms with Crippen LogP contribution < -0.4 is 4.90 Å². The summed E-state index contributed by atoms with van der Waals surface area (Å²) in [6.45, 7) is 5.76. The quantitative estimate of drug-likeness (QED) is 0.861. The van der Waals surface area contributed by atoms with Gasteiger partial charge in [-0.1, -0.05) is 17.3 Å². The van der Waals surface area contributed by atoms with E-state index in [2.05, 4.69) is 32.9 Å². The maximum absolute atomic E-state index is 9.28. The largest absolute Gasteiger partial charge is 0.368 e. The molecule has 1 saturated heterocycles. The highest BCUT2D eigenvalue weighted by Gasteiger charge is 2.31. The van der Waals surface area contributed by atoms with Crippen molar-refractivity contribution in [1.29, 1.82) is 5.26 Å². The second-order valence-corrected chi connectivity index (χ2v) is 6.59. The van der Waals surface area contributed by atoms with Crippen LogP contribution in [0.15, 0.2) is 28.8 Å². The Morgan fingerprint density at radius 2 is 1.96 bits per heavy atom. The number of aromatic nitrogens is 2. The molecule has 1 saturated carbocycles. The van der Waals surface area contributed by atoms with Crippen LogP contribution in [0.1, 0.15) is 49.0 Å². The molecule has 4 rings (SSSR count). The van der Waals surface area contributed by atoms with Crippen molar-refractivity contribution in [1.82, 2.24) is 15.0 Å². The molecule has 1 aliphatic carbocycles. The molecule has 0 radical (unpaired) electrons. The van der Waals surface area contributed by atoms with Crippen LogP contribution in [0, 0.1) is 11.3 Å². The molecule has 0 amide bonds. The van der Waals surface area contributed by atoms with Crippen LogP contribution in [-0.2, 0) is 0 Å². The Bertz CT molecular complexity index is 753. The van der Waals surface area contributed by atoms with Crippen molar-refractivity contribution in [3.63, 3.8) is 0 Å².